The number of nitrogens with two attached hydrogens (primary N) is 1. The molecule has 0 aromatic carbocycles. The minimum absolute atomic E-state index is 0.118. The van der Waals surface area contributed by atoms with Gasteiger partial charge >= 0.3 is 17.9 Å². The van der Waals surface area contributed by atoms with Crippen molar-refractivity contribution in [2.75, 3.05) is 5.75 Å². The number of carbonyl (C=O) groups is 6. The number of aliphatic carboxylic acids is 3. The second kappa shape index (κ2) is 13.8. The lowest BCUT2D eigenvalue weighted by atomic mass is 10.1. The van der Waals surface area contributed by atoms with Crippen molar-refractivity contribution < 1.29 is 44.1 Å². The summed E-state index contributed by atoms with van der Waals surface area (Å²) in [7, 11) is 0. The number of amides is 3. The van der Waals surface area contributed by atoms with Crippen molar-refractivity contribution in [3.8, 4) is 0 Å². The van der Waals surface area contributed by atoms with Gasteiger partial charge in [-0.05, 0) is 6.42 Å². The number of rotatable bonds is 15. The van der Waals surface area contributed by atoms with Crippen LogP contribution in [0.3, 0.4) is 0 Å². The van der Waals surface area contributed by atoms with E-state index in [2.05, 4.69) is 38.5 Å². The van der Waals surface area contributed by atoms with Crippen molar-refractivity contribution in [1.29, 1.82) is 0 Å². The lowest BCUT2D eigenvalue weighted by Crippen LogP contribution is -2.58. The molecular weight excluding hydrogens is 476 g/mol. The minimum atomic E-state index is -1.50. The van der Waals surface area contributed by atoms with E-state index in [1.54, 1.807) is 0 Å². The fourth-order valence-corrected chi connectivity index (χ4v) is 2.91. The van der Waals surface area contributed by atoms with Gasteiger partial charge in [-0.2, -0.15) is 12.6 Å². The van der Waals surface area contributed by atoms with Gasteiger partial charge < -0.3 is 42.0 Å². The fourth-order valence-electron chi connectivity index (χ4n) is 2.65. The Hall–Kier alpha value is -3.66. The first kappa shape index (κ1) is 28.4. The van der Waals surface area contributed by atoms with Gasteiger partial charge in [-0.25, -0.2) is 9.78 Å². The zero-order valence-electron chi connectivity index (χ0n) is 17.8. The second-order valence-electron chi connectivity index (χ2n) is 7.12. The number of aromatic nitrogens is 2. The molecule has 15 nitrogen and oxygen atoms in total. The van der Waals surface area contributed by atoms with Crippen molar-refractivity contribution in [2.45, 2.75) is 49.9 Å². The maximum absolute atomic E-state index is 12.7. The summed E-state index contributed by atoms with van der Waals surface area (Å²) in [5, 5.41) is 33.7. The Balaban J connectivity index is 2.87. The van der Waals surface area contributed by atoms with Crippen molar-refractivity contribution in [1.82, 2.24) is 25.9 Å². The highest BCUT2D eigenvalue weighted by atomic mass is 32.1. The van der Waals surface area contributed by atoms with E-state index in [1.165, 1.54) is 12.5 Å². The number of imidazole rings is 1. The average Bonchev–Trinajstić information content (AvgIpc) is 3.26. The number of carbonyl (C=O) groups excluding carboxylic acids is 3. The molecule has 1 aromatic rings. The summed E-state index contributed by atoms with van der Waals surface area (Å²) >= 11 is 3.98. The third kappa shape index (κ3) is 9.86. The van der Waals surface area contributed by atoms with Crippen molar-refractivity contribution in [3.63, 3.8) is 0 Å². The van der Waals surface area contributed by atoms with Gasteiger partial charge in [0.2, 0.25) is 17.7 Å². The third-order valence-corrected chi connectivity index (χ3v) is 4.79. The van der Waals surface area contributed by atoms with E-state index in [4.69, 9.17) is 15.9 Å². The van der Waals surface area contributed by atoms with Crippen molar-refractivity contribution >= 4 is 48.3 Å². The number of thiol groups is 1. The highest BCUT2D eigenvalue weighted by Crippen LogP contribution is 2.04. The van der Waals surface area contributed by atoms with Crippen LogP contribution in [0.5, 0.6) is 0 Å². The topological polar surface area (TPSA) is 254 Å². The Morgan fingerprint density at radius 1 is 0.941 bits per heavy atom. The number of aromatic amines is 1. The molecule has 1 rings (SSSR count). The lowest BCUT2D eigenvalue weighted by molar-refractivity contribution is -0.142. The molecule has 0 aliphatic carbocycles. The Morgan fingerprint density at radius 2 is 1.53 bits per heavy atom. The van der Waals surface area contributed by atoms with Gasteiger partial charge in [0.25, 0.3) is 0 Å². The zero-order chi connectivity index (χ0) is 25.8. The monoisotopic (exact) mass is 502 g/mol. The number of hydrogen-bond donors (Lipinski definition) is 9. The maximum atomic E-state index is 12.7. The molecule has 0 aliphatic rings. The van der Waals surface area contributed by atoms with Crippen LogP contribution in [0.1, 0.15) is 25.0 Å². The fraction of sp³-hybridized carbons (Fsp3) is 0.500. The molecule has 4 unspecified atom stereocenters. The molecule has 0 spiro atoms. The molecule has 188 valence electrons. The lowest BCUT2D eigenvalue weighted by Gasteiger charge is -2.24. The second-order valence-corrected chi connectivity index (χ2v) is 7.49. The van der Waals surface area contributed by atoms with E-state index in [0.29, 0.717) is 5.69 Å². The van der Waals surface area contributed by atoms with E-state index in [9.17, 15) is 33.9 Å². The van der Waals surface area contributed by atoms with E-state index < -0.39 is 72.6 Å². The van der Waals surface area contributed by atoms with Crippen LogP contribution < -0.4 is 21.7 Å². The predicted molar refractivity (Wildman–Crippen MR) is 117 cm³/mol. The molecule has 1 heterocycles. The molecule has 0 fully saturated rings. The Morgan fingerprint density at radius 3 is 2.03 bits per heavy atom. The molecule has 3 amide bonds. The van der Waals surface area contributed by atoms with Gasteiger partial charge in [0.1, 0.15) is 18.1 Å². The smallest absolute Gasteiger partial charge is 0.326 e. The molecule has 0 saturated carbocycles. The molecule has 1 aromatic heterocycles. The van der Waals surface area contributed by atoms with E-state index in [1.807, 2.05) is 0 Å². The summed E-state index contributed by atoms with van der Waals surface area (Å²) < 4.78 is 0. The van der Waals surface area contributed by atoms with Crippen molar-refractivity contribution in [2.24, 2.45) is 5.73 Å². The Bertz CT molecular complexity index is 894. The van der Waals surface area contributed by atoms with E-state index in [-0.39, 0.29) is 18.6 Å². The minimum Gasteiger partial charge on any atom is -0.481 e. The quantitative estimate of drug-likeness (QED) is 0.110. The van der Waals surface area contributed by atoms with Crippen LogP contribution in [0, 0.1) is 0 Å². The maximum Gasteiger partial charge on any atom is 0.326 e. The molecule has 16 heteroatoms. The van der Waals surface area contributed by atoms with Gasteiger partial charge in [-0.15, -0.1) is 0 Å². The van der Waals surface area contributed by atoms with E-state index >= 15 is 0 Å². The van der Waals surface area contributed by atoms with Crippen LogP contribution >= 0.6 is 12.6 Å². The summed E-state index contributed by atoms with van der Waals surface area (Å²) in [5.74, 6) is -7.09. The van der Waals surface area contributed by atoms with Gasteiger partial charge in [0.15, 0.2) is 0 Å². The molecule has 0 aliphatic heterocycles. The Kier molecular flexibility index (Phi) is 11.5. The number of carboxylic acid groups (broad SMARTS) is 3. The molecular formula is C18H26N6O9S. The van der Waals surface area contributed by atoms with Crippen LogP contribution in [-0.4, -0.2) is 90.8 Å². The first-order chi connectivity index (χ1) is 15.9. The van der Waals surface area contributed by atoms with E-state index in [0.717, 1.165) is 0 Å². The number of carboxylic acids is 3. The van der Waals surface area contributed by atoms with Crippen LogP contribution in [0.15, 0.2) is 12.5 Å². The van der Waals surface area contributed by atoms with Crippen LogP contribution in [-0.2, 0) is 35.2 Å². The summed E-state index contributed by atoms with van der Waals surface area (Å²) in [6.45, 7) is 0. The Labute approximate surface area is 198 Å². The van der Waals surface area contributed by atoms with Crippen LogP contribution in [0.25, 0.3) is 0 Å². The molecule has 34 heavy (non-hydrogen) atoms. The average molecular weight is 503 g/mol. The number of H-pyrrole nitrogens is 1. The molecule has 0 radical (unpaired) electrons. The highest BCUT2D eigenvalue weighted by Gasteiger charge is 2.30. The standard InChI is InChI=1S/C18H26N6O9S/c19-9(4-14(27)28)15(29)22-10(1-2-13(25)26)16(30)24-12(6-34)17(31)23-11(18(32)33)3-8-5-20-7-21-8/h5,7,9-12,34H,1-4,6,19H2,(H,20,21)(H,22,29)(H,23,31)(H,24,30)(H,25,26)(H,27,28)(H,32,33). The molecule has 0 bridgehead atoms. The first-order valence-electron chi connectivity index (χ1n) is 9.85. The van der Waals surface area contributed by atoms with Gasteiger partial charge in [-0.1, -0.05) is 0 Å². The summed E-state index contributed by atoms with van der Waals surface area (Å²) in [6, 6.07) is -5.65. The number of nitrogens with zero attached hydrogens (tertiary/aromatic N) is 1. The van der Waals surface area contributed by atoms with Crippen molar-refractivity contribution in [3.05, 3.63) is 18.2 Å². The number of hydrogen-bond acceptors (Lipinski definition) is 9. The number of nitrogens with one attached hydrogen (secondary N) is 4. The van der Waals surface area contributed by atoms with Gasteiger partial charge in [0, 0.05) is 30.5 Å². The third-order valence-electron chi connectivity index (χ3n) is 4.42. The predicted octanol–water partition coefficient (Wildman–Crippen LogP) is -2.91. The summed E-state index contributed by atoms with van der Waals surface area (Å²) in [6.07, 6.45) is 0.951. The molecule has 4 atom stereocenters. The summed E-state index contributed by atoms with van der Waals surface area (Å²) in [4.78, 5) is 76.9. The molecule has 0 saturated heterocycles. The normalized spacial score (nSPS) is 14.2. The molecule has 9 N–H and O–H groups in total. The SMILES string of the molecule is NC(CC(=O)O)C(=O)NC(CCC(=O)O)C(=O)NC(CS)C(=O)NC(Cc1cnc[nH]1)C(=O)O. The summed E-state index contributed by atoms with van der Waals surface area (Å²) in [5.41, 5.74) is 5.90. The zero-order valence-corrected chi connectivity index (χ0v) is 18.7. The highest BCUT2D eigenvalue weighted by molar-refractivity contribution is 7.80. The first-order valence-corrected chi connectivity index (χ1v) is 10.5. The van der Waals surface area contributed by atoms with Crippen LogP contribution in [0.4, 0.5) is 0 Å². The largest absolute Gasteiger partial charge is 0.481 e. The van der Waals surface area contributed by atoms with Crippen LogP contribution in [0.2, 0.25) is 0 Å². The van der Waals surface area contributed by atoms with Gasteiger partial charge in [0.05, 0.1) is 18.8 Å². The van der Waals surface area contributed by atoms with Gasteiger partial charge in [-0.3, -0.25) is 24.0 Å².